The third kappa shape index (κ3) is 10.3. The van der Waals surface area contributed by atoms with Gasteiger partial charge in [-0.1, -0.05) is 90.1 Å². The van der Waals surface area contributed by atoms with Gasteiger partial charge in [0.05, 0.1) is 32.0 Å². The van der Waals surface area contributed by atoms with Gasteiger partial charge in [0.2, 0.25) is 0 Å². The van der Waals surface area contributed by atoms with Crippen LogP contribution in [0, 0.1) is 5.92 Å². The standard InChI is InChI=1S/C37H40N2O8/c40-36(41)18-22-46-38-35(24-28-11-12-29-9-4-5-10-31(29)23-28)34-25-39(47-37(42)43)19-17-33(34)30-13-15-32(16-14-30)45-21-6-20-44-26-27-7-2-1-3-8-27/h1-5,7-16,23,33-34H,6,17-22,24-26H2,(H,40,41)(H,42,43)/b38-35-. The van der Waals surface area contributed by atoms with E-state index in [2.05, 4.69) is 23.4 Å². The molecule has 1 fully saturated rings. The Hall–Kier alpha value is -4.93. The molecule has 1 heterocycles. The Morgan fingerprint density at radius 3 is 2.36 bits per heavy atom. The number of carboxylic acids is 1. The van der Waals surface area contributed by atoms with E-state index < -0.39 is 12.1 Å². The van der Waals surface area contributed by atoms with E-state index in [0.717, 1.165) is 39.6 Å². The molecule has 2 unspecified atom stereocenters. The smallest absolute Gasteiger partial charge is 0.494 e. The number of aliphatic carboxylic acids is 1. The van der Waals surface area contributed by atoms with Crippen LogP contribution in [0.1, 0.15) is 41.9 Å². The highest BCUT2D eigenvalue weighted by Gasteiger charge is 2.36. The summed E-state index contributed by atoms with van der Waals surface area (Å²) in [4.78, 5) is 33.2. The maximum Gasteiger partial charge on any atom is 0.525 e. The van der Waals surface area contributed by atoms with Crippen LogP contribution in [-0.2, 0) is 32.2 Å². The Bertz CT molecular complexity index is 1630. The van der Waals surface area contributed by atoms with Crippen LogP contribution in [0.25, 0.3) is 10.8 Å². The van der Waals surface area contributed by atoms with Gasteiger partial charge < -0.3 is 29.4 Å². The van der Waals surface area contributed by atoms with E-state index in [9.17, 15) is 14.7 Å². The molecule has 0 bridgehead atoms. The fraction of sp³-hybridized carbons (Fsp3) is 0.324. The zero-order valence-electron chi connectivity index (χ0n) is 26.2. The second-order valence-electron chi connectivity index (χ2n) is 11.5. The monoisotopic (exact) mass is 640 g/mol. The first-order valence-corrected chi connectivity index (χ1v) is 15.8. The van der Waals surface area contributed by atoms with E-state index in [1.165, 1.54) is 5.06 Å². The van der Waals surface area contributed by atoms with Gasteiger partial charge in [-0.05, 0) is 51.9 Å². The number of hydroxylamine groups is 2. The quantitative estimate of drug-likeness (QED) is 0.0761. The van der Waals surface area contributed by atoms with E-state index in [0.29, 0.717) is 44.9 Å². The van der Waals surface area contributed by atoms with Crippen LogP contribution >= 0.6 is 0 Å². The lowest BCUT2D eigenvalue weighted by atomic mass is 9.77. The van der Waals surface area contributed by atoms with Gasteiger partial charge in [0, 0.05) is 31.8 Å². The molecule has 10 nitrogen and oxygen atoms in total. The van der Waals surface area contributed by atoms with Gasteiger partial charge in [-0.2, -0.15) is 0 Å². The number of nitrogens with zero attached hydrogens (tertiary/aromatic N) is 2. The Morgan fingerprint density at radius 1 is 0.830 bits per heavy atom. The van der Waals surface area contributed by atoms with Crippen molar-refractivity contribution in [3.8, 4) is 5.75 Å². The second kappa shape index (κ2) is 17.1. The van der Waals surface area contributed by atoms with E-state index >= 15 is 0 Å². The minimum Gasteiger partial charge on any atom is -0.494 e. The lowest BCUT2D eigenvalue weighted by Gasteiger charge is -2.37. The van der Waals surface area contributed by atoms with Crippen molar-refractivity contribution in [2.45, 2.75) is 38.2 Å². The summed E-state index contributed by atoms with van der Waals surface area (Å²) in [6.07, 6.45) is 0.251. The maximum absolute atomic E-state index is 11.4. The van der Waals surface area contributed by atoms with Crippen molar-refractivity contribution in [2.24, 2.45) is 11.1 Å². The Labute approximate surface area is 274 Å². The minimum absolute atomic E-state index is 0.0219. The molecule has 0 aliphatic carbocycles. The number of hydrogen-bond donors (Lipinski definition) is 2. The Morgan fingerprint density at radius 2 is 1.60 bits per heavy atom. The van der Waals surface area contributed by atoms with Crippen LogP contribution in [0.15, 0.2) is 102 Å². The van der Waals surface area contributed by atoms with Gasteiger partial charge in [0.25, 0.3) is 0 Å². The molecule has 0 aromatic heterocycles. The molecule has 2 atom stereocenters. The topological polar surface area (TPSA) is 127 Å². The first kappa shape index (κ1) is 33.4. The molecular formula is C37H40N2O8. The zero-order chi connectivity index (χ0) is 32.8. The summed E-state index contributed by atoms with van der Waals surface area (Å²) in [5.41, 5.74) is 3.89. The minimum atomic E-state index is -1.38. The molecule has 0 amide bonds. The first-order chi connectivity index (χ1) is 22.9. The molecule has 47 heavy (non-hydrogen) atoms. The van der Waals surface area contributed by atoms with Gasteiger partial charge in [-0.3, -0.25) is 4.79 Å². The van der Waals surface area contributed by atoms with Crippen molar-refractivity contribution in [1.82, 2.24) is 5.06 Å². The SMILES string of the molecule is O=C(O)CCO/N=C(/Cc1ccc2ccccc2c1)C1CN(OC(=O)O)CCC1c1ccc(OCCCOCc2ccccc2)cc1. The number of benzene rings is 4. The molecule has 1 aliphatic heterocycles. The van der Waals surface area contributed by atoms with Gasteiger partial charge >= 0.3 is 12.1 Å². The molecule has 1 aliphatic rings. The predicted octanol–water partition coefficient (Wildman–Crippen LogP) is 6.93. The van der Waals surface area contributed by atoms with Crippen molar-refractivity contribution in [3.05, 3.63) is 114 Å². The van der Waals surface area contributed by atoms with Crippen molar-refractivity contribution in [3.63, 3.8) is 0 Å². The Kier molecular flexibility index (Phi) is 12.2. The largest absolute Gasteiger partial charge is 0.525 e. The van der Waals surface area contributed by atoms with Gasteiger partial charge in [-0.25, -0.2) is 4.79 Å². The van der Waals surface area contributed by atoms with Crippen molar-refractivity contribution >= 4 is 28.6 Å². The molecule has 10 heteroatoms. The van der Waals surface area contributed by atoms with Crippen LogP contribution in [-0.4, -0.2) is 66.0 Å². The van der Waals surface area contributed by atoms with Crippen molar-refractivity contribution in [1.29, 1.82) is 0 Å². The van der Waals surface area contributed by atoms with Gasteiger partial charge in [-0.15, -0.1) is 5.06 Å². The summed E-state index contributed by atoms with van der Waals surface area (Å²) in [6.45, 7) is 2.30. The fourth-order valence-electron chi connectivity index (χ4n) is 5.83. The van der Waals surface area contributed by atoms with Gasteiger partial charge in [0.1, 0.15) is 12.4 Å². The second-order valence-corrected chi connectivity index (χ2v) is 11.5. The number of piperidine rings is 1. The summed E-state index contributed by atoms with van der Waals surface area (Å²) in [5, 5.41) is 26.6. The molecule has 0 spiro atoms. The third-order valence-corrected chi connectivity index (χ3v) is 8.12. The normalized spacial score (nSPS) is 16.9. The highest BCUT2D eigenvalue weighted by atomic mass is 16.8. The summed E-state index contributed by atoms with van der Waals surface area (Å²) >= 11 is 0. The maximum atomic E-state index is 11.4. The summed E-state index contributed by atoms with van der Waals surface area (Å²) in [5.74, 6) is -0.517. The fourth-order valence-corrected chi connectivity index (χ4v) is 5.83. The summed E-state index contributed by atoms with van der Waals surface area (Å²) < 4.78 is 11.7. The van der Waals surface area contributed by atoms with E-state index in [-0.39, 0.29) is 31.4 Å². The number of rotatable bonds is 16. The molecule has 4 aromatic carbocycles. The van der Waals surface area contributed by atoms with Gasteiger partial charge in [0.15, 0.2) is 0 Å². The van der Waals surface area contributed by atoms with Crippen LogP contribution in [0.4, 0.5) is 4.79 Å². The average Bonchev–Trinajstić information content (AvgIpc) is 3.08. The van der Waals surface area contributed by atoms with E-state index in [4.69, 9.17) is 24.3 Å². The molecular weight excluding hydrogens is 600 g/mol. The summed E-state index contributed by atoms with van der Waals surface area (Å²) in [6, 6.07) is 32.3. The number of oxime groups is 1. The summed E-state index contributed by atoms with van der Waals surface area (Å²) in [7, 11) is 0. The highest BCUT2D eigenvalue weighted by molar-refractivity contribution is 5.91. The molecule has 5 rings (SSSR count). The molecule has 4 aromatic rings. The average molecular weight is 641 g/mol. The van der Waals surface area contributed by atoms with Crippen LogP contribution < -0.4 is 4.74 Å². The van der Waals surface area contributed by atoms with Crippen molar-refractivity contribution < 1.29 is 39.0 Å². The van der Waals surface area contributed by atoms with Crippen LogP contribution in [0.2, 0.25) is 0 Å². The third-order valence-electron chi connectivity index (χ3n) is 8.12. The highest BCUT2D eigenvalue weighted by Crippen LogP contribution is 2.36. The number of carboxylic acid groups (broad SMARTS) is 2. The Balaban J connectivity index is 1.29. The van der Waals surface area contributed by atoms with Crippen LogP contribution in [0.5, 0.6) is 5.75 Å². The molecule has 246 valence electrons. The first-order valence-electron chi connectivity index (χ1n) is 15.8. The molecule has 1 saturated heterocycles. The molecule has 0 saturated carbocycles. The van der Waals surface area contributed by atoms with E-state index in [1.54, 1.807) is 0 Å². The van der Waals surface area contributed by atoms with Crippen LogP contribution in [0.3, 0.4) is 0 Å². The van der Waals surface area contributed by atoms with E-state index in [1.807, 2.05) is 78.9 Å². The van der Waals surface area contributed by atoms with Crippen molar-refractivity contribution in [2.75, 3.05) is 32.9 Å². The number of ether oxygens (including phenoxy) is 2. The number of hydrogen-bond acceptors (Lipinski definition) is 8. The number of fused-ring (bicyclic) bond motifs is 1. The lowest BCUT2D eigenvalue weighted by molar-refractivity contribution is -0.138. The zero-order valence-corrected chi connectivity index (χ0v) is 26.2. The molecule has 0 radical (unpaired) electrons. The number of carbonyl (C=O) groups is 2. The lowest BCUT2D eigenvalue weighted by Crippen LogP contribution is -2.44. The molecule has 2 N–H and O–H groups in total. The predicted molar refractivity (Wildman–Crippen MR) is 177 cm³/mol.